The Balaban J connectivity index is 1.97. The smallest absolute Gasteiger partial charge is 0.171 e. The Bertz CT molecular complexity index is 1020. The summed E-state index contributed by atoms with van der Waals surface area (Å²) in [4.78, 5) is 3.45. The van der Waals surface area contributed by atoms with E-state index in [9.17, 15) is 0 Å². The third-order valence-corrected chi connectivity index (χ3v) is 4.36. The molecule has 4 rings (SSSR count). The second-order valence-electron chi connectivity index (χ2n) is 5.87. The molecule has 4 nitrogen and oxygen atoms in total. The molecule has 0 saturated carbocycles. The number of aromatic amines is 1. The first kappa shape index (κ1) is 15.5. The summed E-state index contributed by atoms with van der Waals surface area (Å²) in [5.74, 6) is 0.637. The molecule has 0 fully saturated rings. The van der Waals surface area contributed by atoms with Crippen LogP contribution in [0.5, 0.6) is 0 Å². The zero-order valence-corrected chi connectivity index (χ0v) is 14.3. The lowest BCUT2D eigenvalue weighted by Gasteiger charge is -2.02. The minimum atomic E-state index is 0.632. The van der Waals surface area contributed by atoms with Gasteiger partial charge in [-0.1, -0.05) is 59.2 Å². The summed E-state index contributed by atoms with van der Waals surface area (Å²) in [5.41, 5.74) is 12.5. The molecule has 4 aromatic rings. The number of rotatable bonds is 3. The van der Waals surface area contributed by atoms with Gasteiger partial charge in [-0.15, -0.1) is 0 Å². The fourth-order valence-corrected chi connectivity index (χ4v) is 3.04. The molecule has 0 bridgehead atoms. The summed E-state index contributed by atoms with van der Waals surface area (Å²) < 4.78 is 5.49. The van der Waals surface area contributed by atoms with E-state index < -0.39 is 0 Å². The Kier molecular flexibility index (Phi) is 3.82. The van der Waals surface area contributed by atoms with Gasteiger partial charge < -0.3 is 15.2 Å². The predicted octanol–water partition coefficient (Wildman–Crippen LogP) is 5.55. The molecule has 0 radical (unpaired) electrons. The highest BCUT2D eigenvalue weighted by Gasteiger charge is 2.22. The quantitative estimate of drug-likeness (QED) is 0.509. The number of nitrogens with zero attached hydrogens (tertiary/aromatic N) is 1. The first-order valence-electron chi connectivity index (χ1n) is 7.90. The topological polar surface area (TPSA) is 67.8 Å². The fourth-order valence-electron chi connectivity index (χ4n) is 2.92. The number of aryl methyl sites for hydroxylation is 1. The van der Waals surface area contributed by atoms with E-state index in [-0.39, 0.29) is 0 Å². The van der Waals surface area contributed by atoms with Gasteiger partial charge in [0.1, 0.15) is 0 Å². The average Bonchev–Trinajstić information content (AvgIpc) is 3.19. The lowest BCUT2D eigenvalue weighted by Crippen LogP contribution is -1.89. The number of H-pyrrole nitrogens is 1. The van der Waals surface area contributed by atoms with Gasteiger partial charge in [-0.25, -0.2) is 0 Å². The van der Waals surface area contributed by atoms with Gasteiger partial charge >= 0.3 is 0 Å². The first-order chi connectivity index (χ1) is 12.1. The summed E-state index contributed by atoms with van der Waals surface area (Å²) in [5, 5.41) is 4.68. The van der Waals surface area contributed by atoms with E-state index in [1.807, 2.05) is 67.6 Å². The molecule has 0 atom stereocenters. The SMILES string of the molecule is Cc1cc(-c2c(-c3ccc(Cl)cc3)[nH]c(-c3ccccc3)c2N)on1. The van der Waals surface area contributed by atoms with Crippen LogP contribution in [0.4, 0.5) is 5.69 Å². The van der Waals surface area contributed by atoms with E-state index in [0.29, 0.717) is 16.5 Å². The van der Waals surface area contributed by atoms with Crippen molar-refractivity contribution >= 4 is 17.3 Å². The predicted molar refractivity (Wildman–Crippen MR) is 101 cm³/mol. The standard InChI is InChI=1S/C20H16ClN3O/c1-12-11-16(25-24-12)17-18(22)20(13-5-3-2-4-6-13)23-19(17)14-7-9-15(21)10-8-14/h2-11,23H,22H2,1H3. The van der Waals surface area contributed by atoms with Crippen LogP contribution in [0.2, 0.25) is 5.02 Å². The summed E-state index contributed by atoms with van der Waals surface area (Å²) in [7, 11) is 0. The van der Waals surface area contributed by atoms with Crippen LogP contribution in [0.3, 0.4) is 0 Å². The summed E-state index contributed by atoms with van der Waals surface area (Å²) >= 11 is 6.03. The zero-order chi connectivity index (χ0) is 17.4. The van der Waals surface area contributed by atoms with Gasteiger partial charge in [-0.3, -0.25) is 0 Å². The van der Waals surface area contributed by atoms with Crippen LogP contribution >= 0.6 is 11.6 Å². The lowest BCUT2D eigenvalue weighted by atomic mass is 10.0. The molecule has 5 heteroatoms. The monoisotopic (exact) mass is 349 g/mol. The number of nitrogen functional groups attached to an aromatic ring is 1. The van der Waals surface area contributed by atoms with Crippen LogP contribution in [0.25, 0.3) is 33.8 Å². The fraction of sp³-hybridized carbons (Fsp3) is 0.0500. The zero-order valence-electron chi connectivity index (χ0n) is 13.6. The van der Waals surface area contributed by atoms with Crippen molar-refractivity contribution in [3.05, 3.63) is 71.4 Å². The number of benzene rings is 2. The van der Waals surface area contributed by atoms with Crippen molar-refractivity contribution in [2.45, 2.75) is 6.92 Å². The van der Waals surface area contributed by atoms with Crippen molar-refractivity contribution in [3.63, 3.8) is 0 Å². The van der Waals surface area contributed by atoms with Gasteiger partial charge in [0.2, 0.25) is 0 Å². The van der Waals surface area contributed by atoms with Crippen molar-refractivity contribution < 1.29 is 4.52 Å². The number of hydrogen-bond donors (Lipinski definition) is 2. The maximum Gasteiger partial charge on any atom is 0.171 e. The van der Waals surface area contributed by atoms with Crippen molar-refractivity contribution in [2.75, 3.05) is 5.73 Å². The number of hydrogen-bond acceptors (Lipinski definition) is 3. The van der Waals surface area contributed by atoms with Crippen LogP contribution in [-0.2, 0) is 0 Å². The highest BCUT2D eigenvalue weighted by molar-refractivity contribution is 6.30. The van der Waals surface area contributed by atoms with Gasteiger partial charge in [0.15, 0.2) is 5.76 Å². The van der Waals surface area contributed by atoms with Gasteiger partial charge in [0.25, 0.3) is 0 Å². The molecular formula is C20H16ClN3O. The number of halogens is 1. The summed E-state index contributed by atoms with van der Waals surface area (Å²) in [6.07, 6.45) is 0. The number of anilines is 1. The maximum absolute atomic E-state index is 6.50. The second-order valence-corrected chi connectivity index (χ2v) is 6.31. The lowest BCUT2D eigenvalue weighted by molar-refractivity contribution is 0.427. The van der Waals surface area contributed by atoms with E-state index >= 15 is 0 Å². The maximum atomic E-state index is 6.50. The normalized spacial score (nSPS) is 11.0. The van der Waals surface area contributed by atoms with Crippen LogP contribution in [0.15, 0.2) is 65.2 Å². The molecule has 0 spiro atoms. The third kappa shape index (κ3) is 2.81. The van der Waals surface area contributed by atoms with Crippen molar-refractivity contribution in [3.8, 4) is 33.8 Å². The van der Waals surface area contributed by atoms with E-state index in [2.05, 4.69) is 10.1 Å². The van der Waals surface area contributed by atoms with E-state index in [4.69, 9.17) is 21.9 Å². The Morgan fingerprint density at radius 1 is 0.960 bits per heavy atom. The number of aromatic nitrogens is 2. The van der Waals surface area contributed by atoms with Crippen molar-refractivity contribution in [2.24, 2.45) is 0 Å². The molecule has 2 aromatic heterocycles. The molecule has 124 valence electrons. The van der Waals surface area contributed by atoms with Gasteiger partial charge in [-0.05, 0) is 24.6 Å². The van der Waals surface area contributed by atoms with Gasteiger partial charge in [0.05, 0.1) is 28.3 Å². The minimum Gasteiger partial charge on any atom is -0.396 e. The highest BCUT2D eigenvalue weighted by atomic mass is 35.5. The van der Waals surface area contributed by atoms with E-state index in [1.54, 1.807) is 0 Å². The van der Waals surface area contributed by atoms with E-state index in [1.165, 1.54) is 0 Å². The Morgan fingerprint density at radius 2 is 1.64 bits per heavy atom. The molecule has 0 aliphatic carbocycles. The van der Waals surface area contributed by atoms with Crippen LogP contribution in [-0.4, -0.2) is 10.1 Å². The molecule has 0 unspecified atom stereocenters. The van der Waals surface area contributed by atoms with Gasteiger partial charge in [-0.2, -0.15) is 0 Å². The van der Waals surface area contributed by atoms with Crippen molar-refractivity contribution in [1.82, 2.24) is 10.1 Å². The van der Waals surface area contributed by atoms with Gasteiger partial charge in [0, 0.05) is 16.7 Å². The minimum absolute atomic E-state index is 0.632. The van der Waals surface area contributed by atoms with Crippen LogP contribution < -0.4 is 5.73 Å². The number of nitrogens with two attached hydrogens (primary N) is 1. The molecule has 2 aromatic carbocycles. The molecule has 0 amide bonds. The average molecular weight is 350 g/mol. The molecule has 0 aliphatic rings. The summed E-state index contributed by atoms with van der Waals surface area (Å²) in [6, 6.07) is 19.5. The molecule has 3 N–H and O–H groups in total. The molecule has 25 heavy (non-hydrogen) atoms. The van der Waals surface area contributed by atoms with Crippen molar-refractivity contribution in [1.29, 1.82) is 0 Å². The Labute approximate surface area is 150 Å². The summed E-state index contributed by atoms with van der Waals surface area (Å²) in [6.45, 7) is 1.88. The van der Waals surface area contributed by atoms with Crippen LogP contribution in [0, 0.1) is 6.92 Å². The number of nitrogens with one attached hydrogen (secondary N) is 1. The molecule has 0 aliphatic heterocycles. The third-order valence-electron chi connectivity index (χ3n) is 4.11. The molecular weight excluding hydrogens is 334 g/mol. The highest BCUT2D eigenvalue weighted by Crippen LogP contribution is 2.42. The Morgan fingerprint density at radius 3 is 2.28 bits per heavy atom. The van der Waals surface area contributed by atoms with Crippen LogP contribution in [0.1, 0.15) is 5.69 Å². The largest absolute Gasteiger partial charge is 0.396 e. The molecule has 0 saturated heterocycles. The second kappa shape index (κ2) is 6.15. The van der Waals surface area contributed by atoms with E-state index in [0.717, 1.165) is 33.8 Å². The first-order valence-corrected chi connectivity index (χ1v) is 8.28. The molecule has 2 heterocycles. The Hall–Kier alpha value is -2.98.